The molecule has 2 N–H and O–H groups in total. The van der Waals surface area contributed by atoms with Crippen molar-refractivity contribution in [1.29, 1.82) is 0 Å². The molecule has 1 aromatic rings. The van der Waals surface area contributed by atoms with Gasteiger partial charge in [-0.15, -0.1) is 0 Å². The van der Waals surface area contributed by atoms with Gasteiger partial charge in [0.25, 0.3) is 0 Å². The lowest BCUT2D eigenvalue weighted by molar-refractivity contribution is -0.141. The van der Waals surface area contributed by atoms with Crippen LogP contribution in [0.2, 0.25) is 0 Å². The SMILES string of the molecule is COC(=O)CCOCCOCCOCCOCCOc1ccccc1N. The maximum atomic E-state index is 10.8. The van der Waals surface area contributed by atoms with Gasteiger partial charge in [-0.05, 0) is 12.1 Å². The molecule has 0 unspecified atom stereocenters. The number of hydrogen-bond acceptors (Lipinski definition) is 8. The molecule has 1 rings (SSSR count). The van der Waals surface area contributed by atoms with Gasteiger partial charge in [-0.2, -0.15) is 0 Å². The Morgan fingerprint density at radius 3 is 1.85 bits per heavy atom. The molecule has 0 fully saturated rings. The summed E-state index contributed by atoms with van der Waals surface area (Å²) in [6, 6.07) is 7.35. The second-order valence-electron chi connectivity index (χ2n) is 5.16. The molecule has 0 aliphatic rings. The molecule has 26 heavy (non-hydrogen) atoms. The summed E-state index contributed by atoms with van der Waals surface area (Å²) >= 11 is 0. The lowest BCUT2D eigenvalue weighted by Crippen LogP contribution is -2.14. The molecule has 0 aromatic heterocycles. The first kappa shape index (κ1) is 22.2. The molecule has 0 saturated carbocycles. The largest absolute Gasteiger partial charge is 0.489 e. The van der Waals surface area contributed by atoms with Gasteiger partial charge in [-0.3, -0.25) is 4.79 Å². The minimum absolute atomic E-state index is 0.253. The molecule has 0 radical (unpaired) electrons. The molecule has 0 atom stereocenters. The van der Waals surface area contributed by atoms with Gasteiger partial charge in [0.15, 0.2) is 0 Å². The summed E-state index contributed by atoms with van der Waals surface area (Å²) < 4.78 is 31.3. The summed E-state index contributed by atoms with van der Waals surface area (Å²) in [5.41, 5.74) is 6.38. The third-order valence-electron chi connectivity index (χ3n) is 3.20. The second-order valence-corrected chi connectivity index (χ2v) is 5.16. The fourth-order valence-electron chi connectivity index (χ4n) is 1.84. The molecule has 0 saturated heterocycles. The molecule has 0 spiro atoms. The van der Waals surface area contributed by atoms with Crippen LogP contribution in [-0.4, -0.2) is 72.5 Å². The van der Waals surface area contributed by atoms with Gasteiger partial charge in [0.05, 0.1) is 72.1 Å². The summed E-state index contributed by atoms with van der Waals surface area (Å²) in [6.07, 6.45) is 0.253. The van der Waals surface area contributed by atoms with E-state index in [1.807, 2.05) is 18.2 Å². The van der Waals surface area contributed by atoms with E-state index in [0.717, 1.165) is 0 Å². The average molecular weight is 371 g/mol. The zero-order chi connectivity index (χ0) is 18.9. The summed E-state index contributed by atoms with van der Waals surface area (Å²) in [6.45, 7) is 4.10. The van der Waals surface area contributed by atoms with Crippen LogP contribution in [0.1, 0.15) is 6.42 Å². The molecule has 0 aliphatic heterocycles. The van der Waals surface area contributed by atoms with Gasteiger partial charge >= 0.3 is 5.97 Å². The normalized spacial score (nSPS) is 10.7. The van der Waals surface area contributed by atoms with Gasteiger partial charge in [-0.25, -0.2) is 0 Å². The van der Waals surface area contributed by atoms with Gasteiger partial charge in [0.2, 0.25) is 0 Å². The molecular weight excluding hydrogens is 342 g/mol. The highest BCUT2D eigenvalue weighted by Crippen LogP contribution is 2.19. The van der Waals surface area contributed by atoms with Crippen LogP contribution in [0.25, 0.3) is 0 Å². The van der Waals surface area contributed by atoms with E-state index in [4.69, 9.17) is 29.4 Å². The molecule has 0 bridgehead atoms. The number of nitrogen functional groups attached to an aromatic ring is 1. The van der Waals surface area contributed by atoms with E-state index >= 15 is 0 Å². The minimum atomic E-state index is -0.280. The zero-order valence-electron chi connectivity index (χ0n) is 15.3. The van der Waals surface area contributed by atoms with Crippen molar-refractivity contribution >= 4 is 11.7 Å². The first-order valence-electron chi connectivity index (χ1n) is 8.59. The lowest BCUT2D eigenvalue weighted by atomic mass is 10.3. The monoisotopic (exact) mass is 371 g/mol. The molecule has 8 nitrogen and oxygen atoms in total. The molecule has 148 valence electrons. The molecular formula is C18H29NO7. The van der Waals surface area contributed by atoms with E-state index in [2.05, 4.69) is 4.74 Å². The quantitative estimate of drug-likeness (QED) is 0.264. The van der Waals surface area contributed by atoms with Crippen molar-refractivity contribution in [3.05, 3.63) is 24.3 Å². The maximum absolute atomic E-state index is 10.8. The summed E-state index contributed by atoms with van der Waals surface area (Å²) in [7, 11) is 1.35. The highest BCUT2D eigenvalue weighted by atomic mass is 16.6. The number of rotatable bonds is 16. The van der Waals surface area contributed by atoms with Crippen molar-refractivity contribution in [3.63, 3.8) is 0 Å². The number of nitrogens with two attached hydrogens (primary N) is 1. The van der Waals surface area contributed by atoms with Crippen LogP contribution in [0.5, 0.6) is 5.75 Å². The number of carbonyl (C=O) groups is 1. The van der Waals surface area contributed by atoms with E-state index in [9.17, 15) is 4.79 Å². The van der Waals surface area contributed by atoms with Crippen LogP contribution in [0.15, 0.2) is 24.3 Å². The van der Waals surface area contributed by atoms with E-state index in [-0.39, 0.29) is 12.4 Å². The Morgan fingerprint density at radius 1 is 0.808 bits per heavy atom. The molecule has 0 heterocycles. The Bertz CT molecular complexity index is 484. The van der Waals surface area contributed by atoms with Gasteiger partial charge in [-0.1, -0.05) is 12.1 Å². The Labute approximate surface area is 154 Å². The van der Waals surface area contributed by atoms with Gasteiger partial charge in [0.1, 0.15) is 12.4 Å². The van der Waals surface area contributed by atoms with Crippen molar-refractivity contribution < 1.29 is 33.2 Å². The van der Waals surface area contributed by atoms with E-state index in [1.54, 1.807) is 6.07 Å². The highest BCUT2D eigenvalue weighted by Gasteiger charge is 1.99. The predicted octanol–water partition coefficient (Wildman–Crippen LogP) is 1.28. The van der Waals surface area contributed by atoms with Crippen LogP contribution in [0.4, 0.5) is 5.69 Å². The third-order valence-corrected chi connectivity index (χ3v) is 3.20. The maximum Gasteiger partial charge on any atom is 0.307 e. The number of benzene rings is 1. The smallest absolute Gasteiger partial charge is 0.307 e. The number of methoxy groups -OCH3 is 1. The van der Waals surface area contributed by atoms with Crippen molar-refractivity contribution in [1.82, 2.24) is 0 Å². The fraction of sp³-hybridized carbons (Fsp3) is 0.611. The first-order chi connectivity index (χ1) is 12.7. The number of esters is 1. The van der Waals surface area contributed by atoms with Crippen molar-refractivity contribution in [2.24, 2.45) is 0 Å². The number of para-hydroxylation sites is 2. The van der Waals surface area contributed by atoms with Crippen molar-refractivity contribution in [3.8, 4) is 5.75 Å². The fourth-order valence-corrected chi connectivity index (χ4v) is 1.84. The van der Waals surface area contributed by atoms with E-state index < -0.39 is 0 Å². The Hall–Kier alpha value is -1.87. The molecule has 8 heteroatoms. The van der Waals surface area contributed by atoms with Crippen molar-refractivity contribution in [2.45, 2.75) is 6.42 Å². The predicted molar refractivity (Wildman–Crippen MR) is 96.3 cm³/mol. The highest BCUT2D eigenvalue weighted by molar-refractivity contribution is 5.69. The zero-order valence-corrected chi connectivity index (χ0v) is 15.3. The first-order valence-corrected chi connectivity index (χ1v) is 8.59. The van der Waals surface area contributed by atoms with Gasteiger partial charge in [0, 0.05) is 0 Å². The van der Waals surface area contributed by atoms with Gasteiger partial charge < -0.3 is 34.2 Å². The lowest BCUT2D eigenvalue weighted by Gasteiger charge is -2.09. The summed E-state index contributed by atoms with van der Waals surface area (Å²) in [4.78, 5) is 10.8. The van der Waals surface area contributed by atoms with E-state index in [0.29, 0.717) is 70.9 Å². The second kappa shape index (κ2) is 15.4. The molecule has 0 aliphatic carbocycles. The summed E-state index contributed by atoms with van der Waals surface area (Å²) in [5, 5.41) is 0. The Balaban J connectivity index is 1.77. The van der Waals surface area contributed by atoms with E-state index in [1.165, 1.54) is 7.11 Å². The van der Waals surface area contributed by atoms with Crippen LogP contribution >= 0.6 is 0 Å². The number of anilines is 1. The topological polar surface area (TPSA) is 98.5 Å². The third kappa shape index (κ3) is 11.6. The number of ether oxygens (including phenoxy) is 6. The van der Waals surface area contributed by atoms with Crippen LogP contribution < -0.4 is 10.5 Å². The Morgan fingerprint density at radius 2 is 1.31 bits per heavy atom. The van der Waals surface area contributed by atoms with Crippen LogP contribution in [0, 0.1) is 0 Å². The molecule has 0 amide bonds. The standard InChI is InChI=1S/C18H29NO7/c1-21-18(20)6-7-22-8-9-23-10-11-24-12-13-25-14-15-26-17-5-3-2-4-16(17)19/h2-5H,6-15,19H2,1H3. The number of carbonyl (C=O) groups excluding carboxylic acids is 1. The minimum Gasteiger partial charge on any atom is -0.489 e. The average Bonchev–Trinajstić information content (AvgIpc) is 2.66. The molecule has 1 aromatic carbocycles. The number of hydrogen-bond donors (Lipinski definition) is 1. The van der Waals surface area contributed by atoms with Crippen LogP contribution in [0.3, 0.4) is 0 Å². The van der Waals surface area contributed by atoms with Crippen LogP contribution in [-0.2, 0) is 28.5 Å². The Kier molecular flexibility index (Phi) is 13.1. The summed E-state index contributed by atoms with van der Waals surface area (Å²) in [5.74, 6) is 0.385. The van der Waals surface area contributed by atoms with Crippen molar-refractivity contribution in [2.75, 3.05) is 72.3 Å².